The zero-order valence-electron chi connectivity index (χ0n) is 15.9. The van der Waals surface area contributed by atoms with Crippen molar-refractivity contribution >= 4 is 15.7 Å². The molecule has 2 aromatic carbocycles. The van der Waals surface area contributed by atoms with Crippen LogP contribution < -0.4 is 4.74 Å². The minimum atomic E-state index is -3.99. The summed E-state index contributed by atoms with van der Waals surface area (Å²) < 4.78 is 36.8. The van der Waals surface area contributed by atoms with Crippen molar-refractivity contribution in [3.8, 4) is 17.1 Å². The molecule has 1 aromatic heterocycles. The Morgan fingerprint density at radius 1 is 1.21 bits per heavy atom. The van der Waals surface area contributed by atoms with Crippen LogP contribution >= 0.6 is 0 Å². The van der Waals surface area contributed by atoms with Crippen molar-refractivity contribution in [2.75, 3.05) is 14.2 Å². The molecular formula is C18H18N4O6S. The van der Waals surface area contributed by atoms with E-state index in [2.05, 4.69) is 10.1 Å². The van der Waals surface area contributed by atoms with E-state index in [0.717, 1.165) is 10.4 Å². The smallest absolute Gasteiger partial charge is 0.273 e. The molecular weight excluding hydrogens is 400 g/mol. The molecule has 0 unspecified atom stereocenters. The number of aromatic nitrogens is 2. The quantitative estimate of drug-likeness (QED) is 0.423. The minimum absolute atomic E-state index is 0.0866. The van der Waals surface area contributed by atoms with Crippen LogP contribution in [0, 0.1) is 17.0 Å². The van der Waals surface area contributed by atoms with E-state index in [-0.39, 0.29) is 23.0 Å². The maximum atomic E-state index is 12.8. The van der Waals surface area contributed by atoms with Gasteiger partial charge in [0, 0.05) is 24.2 Å². The van der Waals surface area contributed by atoms with E-state index in [9.17, 15) is 18.5 Å². The summed E-state index contributed by atoms with van der Waals surface area (Å²) in [5.41, 5.74) is 0.789. The van der Waals surface area contributed by atoms with Crippen LogP contribution in [0.25, 0.3) is 11.4 Å². The number of sulfonamides is 1. The Morgan fingerprint density at radius 2 is 1.90 bits per heavy atom. The van der Waals surface area contributed by atoms with Gasteiger partial charge in [-0.25, -0.2) is 8.42 Å². The Kier molecular flexibility index (Phi) is 5.62. The lowest BCUT2D eigenvalue weighted by Gasteiger charge is -2.15. The molecule has 1 heterocycles. The molecule has 0 fully saturated rings. The van der Waals surface area contributed by atoms with Crippen LogP contribution in [0.1, 0.15) is 11.5 Å². The van der Waals surface area contributed by atoms with Gasteiger partial charge in [0.05, 0.1) is 23.5 Å². The first-order chi connectivity index (χ1) is 13.7. The number of methoxy groups -OCH3 is 1. The summed E-state index contributed by atoms with van der Waals surface area (Å²) in [4.78, 5) is 14.5. The number of benzene rings is 2. The Hall–Kier alpha value is -3.31. The largest absolute Gasteiger partial charge is 0.497 e. The van der Waals surface area contributed by atoms with E-state index >= 15 is 0 Å². The van der Waals surface area contributed by atoms with Gasteiger partial charge < -0.3 is 9.26 Å². The first-order valence-corrected chi connectivity index (χ1v) is 9.85. The van der Waals surface area contributed by atoms with E-state index in [1.54, 1.807) is 31.4 Å². The normalized spacial score (nSPS) is 11.6. The Bertz CT molecular complexity index is 1140. The molecule has 29 heavy (non-hydrogen) atoms. The number of hydrogen-bond donors (Lipinski definition) is 0. The fourth-order valence-corrected chi connectivity index (χ4v) is 3.72. The zero-order valence-corrected chi connectivity index (χ0v) is 16.7. The third kappa shape index (κ3) is 4.25. The summed E-state index contributed by atoms with van der Waals surface area (Å²) in [6.07, 6.45) is 0. The number of nitro benzene ring substituents is 1. The molecule has 3 aromatic rings. The van der Waals surface area contributed by atoms with Gasteiger partial charge in [0.1, 0.15) is 5.75 Å². The molecule has 152 valence electrons. The lowest BCUT2D eigenvalue weighted by Crippen LogP contribution is -2.26. The molecule has 0 bridgehead atoms. The first kappa shape index (κ1) is 20.4. The van der Waals surface area contributed by atoms with Crippen LogP contribution in [0.2, 0.25) is 0 Å². The second-order valence-electron chi connectivity index (χ2n) is 6.21. The average molecular weight is 418 g/mol. The molecule has 0 aliphatic rings. The van der Waals surface area contributed by atoms with E-state index in [4.69, 9.17) is 9.26 Å². The van der Waals surface area contributed by atoms with Gasteiger partial charge in [0.25, 0.3) is 5.69 Å². The Balaban J connectivity index is 1.81. The Morgan fingerprint density at radius 3 is 2.52 bits per heavy atom. The predicted octanol–water partition coefficient (Wildman–Crippen LogP) is 2.78. The van der Waals surface area contributed by atoms with Gasteiger partial charge in [-0.2, -0.15) is 9.29 Å². The van der Waals surface area contributed by atoms with E-state index < -0.39 is 14.9 Å². The van der Waals surface area contributed by atoms with Crippen molar-refractivity contribution in [3.63, 3.8) is 0 Å². The van der Waals surface area contributed by atoms with Crippen LogP contribution in [0.5, 0.6) is 5.75 Å². The molecule has 0 aliphatic carbocycles. The molecule has 0 saturated heterocycles. The monoisotopic (exact) mass is 418 g/mol. The molecule has 0 amide bonds. The highest BCUT2D eigenvalue weighted by molar-refractivity contribution is 7.89. The summed E-state index contributed by atoms with van der Waals surface area (Å²) in [5, 5.41) is 15.0. The van der Waals surface area contributed by atoms with Gasteiger partial charge in [-0.05, 0) is 37.3 Å². The fourth-order valence-electron chi connectivity index (χ4n) is 2.58. The number of nitrogens with zero attached hydrogens (tertiary/aromatic N) is 4. The third-order valence-corrected chi connectivity index (χ3v) is 6.06. The lowest BCUT2D eigenvalue weighted by atomic mass is 10.2. The number of hydrogen-bond acceptors (Lipinski definition) is 8. The topological polar surface area (TPSA) is 129 Å². The number of aryl methyl sites for hydroxylation is 1. The molecule has 10 nitrogen and oxygen atoms in total. The van der Waals surface area contributed by atoms with Gasteiger partial charge in [-0.3, -0.25) is 10.1 Å². The number of ether oxygens (including phenoxy) is 1. The second kappa shape index (κ2) is 7.97. The molecule has 0 spiro atoms. The standard InChI is InChI=1S/C18H18N4O6S/c1-12-4-9-15(10-16(12)22(23)24)29(25,26)21(2)11-17-19-18(20-28-17)13-5-7-14(27-3)8-6-13/h4-10H,11H2,1-3H3. The lowest BCUT2D eigenvalue weighted by molar-refractivity contribution is -0.385. The van der Waals surface area contributed by atoms with E-state index in [0.29, 0.717) is 22.7 Å². The maximum Gasteiger partial charge on any atom is 0.273 e. The number of nitro groups is 1. The summed E-state index contributed by atoms with van der Waals surface area (Å²) >= 11 is 0. The fraction of sp³-hybridized carbons (Fsp3) is 0.222. The Labute approximate surface area is 166 Å². The third-order valence-electron chi connectivity index (χ3n) is 4.26. The van der Waals surface area contributed by atoms with Crippen molar-refractivity contribution in [2.24, 2.45) is 0 Å². The van der Waals surface area contributed by atoms with Gasteiger partial charge >= 0.3 is 0 Å². The molecule has 0 saturated carbocycles. The highest BCUT2D eigenvalue weighted by Gasteiger charge is 2.26. The molecule has 0 N–H and O–H groups in total. The minimum Gasteiger partial charge on any atom is -0.497 e. The summed E-state index contributed by atoms with van der Waals surface area (Å²) in [7, 11) is -1.10. The number of rotatable bonds is 7. The van der Waals surface area contributed by atoms with Crippen LogP contribution in [0.15, 0.2) is 51.9 Å². The van der Waals surface area contributed by atoms with Gasteiger partial charge in [-0.15, -0.1) is 0 Å². The van der Waals surface area contributed by atoms with Crippen molar-refractivity contribution in [1.82, 2.24) is 14.4 Å². The van der Waals surface area contributed by atoms with Gasteiger partial charge in [-0.1, -0.05) is 11.2 Å². The van der Waals surface area contributed by atoms with Crippen molar-refractivity contribution in [1.29, 1.82) is 0 Å². The maximum absolute atomic E-state index is 12.8. The molecule has 0 radical (unpaired) electrons. The molecule has 11 heteroatoms. The van der Waals surface area contributed by atoms with Gasteiger partial charge in [0.2, 0.25) is 21.7 Å². The summed E-state index contributed by atoms with van der Waals surface area (Å²) in [5.74, 6) is 1.07. The average Bonchev–Trinajstić information content (AvgIpc) is 3.16. The van der Waals surface area contributed by atoms with Crippen molar-refractivity contribution < 1.29 is 22.6 Å². The van der Waals surface area contributed by atoms with Crippen molar-refractivity contribution in [2.45, 2.75) is 18.4 Å². The SMILES string of the molecule is COc1ccc(-c2noc(CN(C)S(=O)(=O)c3ccc(C)c([N+](=O)[O-])c3)n2)cc1. The molecule has 0 atom stereocenters. The molecule has 3 rings (SSSR count). The predicted molar refractivity (Wildman–Crippen MR) is 103 cm³/mol. The van der Waals surface area contributed by atoms with E-state index in [1.807, 2.05) is 0 Å². The van der Waals surface area contributed by atoms with Crippen LogP contribution in [-0.4, -0.2) is 41.9 Å². The van der Waals surface area contributed by atoms with Crippen LogP contribution in [-0.2, 0) is 16.6 Å². The van der Waals surface area contributed by atoms with Gasteiger partial charge in [0.15, 0.2) is 0 Å². The second-order valence-corrected chi connectivity index (χ2v) is 8.25. The highest BCUT2D eigenvalue weighted by atomic mass is 32.2. The van der Waals surface area contributed by atoms with Crippen LogP contribution in [0.4, 0.5) is 5.69 Å². The van der Waals surface area contributed by atoms with Crippen molar-refractivity contribution in [3.05, 3.63) is 64.0 Å². The highest BCUT2D eigenvalue weighted by Crippen LogP contribution is 2.25. The molecule has 0 aliphatic heterocycles. The summed E-state index contributed by atoms with van der Waals surface area (Å²) in [6, 6.07) is 10.7. The summed E-state index contributed by atoms with van der Waals surface area (Å²) in [6.45, 7) is 1.35. The first-order valence-electron chi connectivity index (χ1n) is 8.41. The van der Waals surface area contributed by atoms with Crippen LogP contribution in [0.3, 0.4) is 0 Å². The van der Waals surface area contributed by atoms with E-state index in [1.165, 1.54) is 26.1 Å². The zero-order chi connectivity index (χ0) is 21.2.